The van der Waals surface area contributed by atoms with Crippen LogP contribution in [0.4, 0.5) is 4.39 Å². The van der Waals surface area contributed by atoms with Gasteiger partial charge in [-0.1, -0.05) is 7.43 Å². The molecule has 0 saturated carbocycles. The Morgan fingerprint density at radius 1 is 1.36 bits per heavy atom. The minimum Gasteiger partial charge on any atom is -0.481 e. The summed E-state index contributed by atoms with van der Waals surface area (Å²) < 4.78 is 20.4. The van der Waals surface area contributed by atoms with Gasteiger partial charge in [0.15, 0.2) is 0 Å². The Hall–Kier alpha value is -2.49. The summed E-state index contributed by atoms with van der Waals surface area (Å²) in [6.07, 6.45) is 3.61. The maximum absolute atomic E-state index is 12.6. The largest absolute Gasteiger partial charge is 0.481 e. The van der Waals surface area contributed by atoms with Gasteiger partial charge in [0.1, 0.15) is 6.33 Å². The fraction of sp³-hybridized carbons (Fsp3) is 0.278. The van der Waals surface area contributed by atoms with Crippen LogP contribution in [0.15, 0.2) is 53.5 Å². The lowest BCUT2D eigenvalue weighted by Gasteiger charge is -2.01. The predicted octanol–water partition coefficient (Wildman–Crippen LogP) is 3.10. The van der Waals surface area contributed by atoms with Gasteiger partial charge in [0.25, 0.3) is 0 Å². The number of halogens is 2. The Kier molecular flexibility index (Phi) is 9.04. The van der Waals surface area contributed by atoms with E-state index in [0.29, 0.717) is 24.3 Å². The van der Waals surface area contributed by atoms with Crippen molar-refractivity contribution >= 4 is 23.7 Å². The first-order valence-corrected chi connectivity index (χ1v) is 8.65. The minimum atomic E-state index is -0.307. The number of pyridine rings is 1. The van der Waals surface area contributed by atoms with Crippen LogP contribution in [0.1, 0.15) is 12.3 Å². The van der Waals surface area contributed by atoms with E-state index in [1.54, 1.807) is 30.7 Å². The monoisotopic (exact) mass is 427 g/mol. The Bertz CT molecular complexity index is 965. The Labute approximate surface area is 172 Å². The standard InChI is InChI=1S/C17H18FN5O2S.CH4.ClH/c1-25-16-5-2-13(8-20-16)15-4-3-14(26-15)10-22-11-21-23(17(22)24)9-12(6-18)7-19;;/h2-6,8,11H,7,9-10,19H2,1H3;1H4;1H/b12-6-;;. The zero-order chi connectivity index (χ0) is 18.5. The van der Waals surface area contributed by atoms with Crippen LogP contribution in [0.2, 0.25) is 0 Å². The van der Waals surface area contributed by atoms with Crippen molar-refractivity contribution in [3.63, 3.8) is 0 Å². The summed E-state index contributed by atoms with van der Waals surface area (Å²) in [5.74, 6) is 0.559. The molecule has 10 heteroatoms. The molecule has 3 heterocycles. The lowest BCUT2D eigenvalue weighted by Crippen LogP contribution is -2.26. The molecule has 0 bridgehead atoms. The third kappa shape index (κ3) is 5.28. The van der Waals surface area contributed by atoms with Gasteiger partial charge in [-0.2, -0.15) is 5.10 Å². The molecule has 28 heavy (non-hydrogen) atoms. The molecule has 152 valence electrons. The second kappa shape index (κ2) is 10.7. The summed E-state index contributed by atoms with van der Waals surface area (Å²) in [5, 5.41) is 4.02. The first-order valence-electron chi connectivity index (χ1n) is 7.84. The van der Waals surface area contributed by atoms with Crippen molar-refractivity contribution in [1.29, 1.82) is 0 Å². The average Bonchev–Trinajstić information content (AvgIpc) is 3.28. The van der Waals surface area contributed by atoms with Crippen molar-refractivity contribution in [3.8, 4) is 16.3 Å². The molecule has 0 fully saturated rings. The third-order valence-corrected chi connectivity index (χ3v) is 4.90. The van der Waals surface area contributed by atoms with Crippen LogP contribution >= 0.6 is 23.7 Å². The highest BCUT2D eigenvalue weighted by atomic mass is 35.5. The number of hydrogen-bond acceptors (Lipinski definition) is 6. The zero-order valence-corrected chi connectivity index (χ0v) is 16.2. The van der Waals surface area contributed by atoms with E-state index in [0.717, 1.165) is 15.3 Å². The van der Waals surface area contributed by atoms with E-state index < -0.39 is 0 Å². The number of aromatic nitrogens is 4. The van der Waals surface area contributed by atoms with Crippen molar-refractivity contribution in [3.05, 3.63) is 64.1 Å². The summed E-state index contributed by atoms with van der Waals surface area (Å²) >= 11 is 1.57. The Balaban J connectivity index is 0.00000196. The molecule has 3 aromatic heterocycles. The van der Waals surface area contributed by atoms with Crippen LogP contribution in [0, 0.1) is 0 Å². The van der Waals surface area contributed by atoms with Gasteiger partial charge in [0.2, 0.25) is 5.88 Å². The lowest BCUT2D eigenvalue weighted by molar-refractivity contribution is 0.398. The molecule has 0 aliphatic heterocycles. The number of thiophene rings is 1. The maximum Gasteiger partial charge on any atom is 0.346 e. The topological polar surface area (TPSA) is 88.0 Å². The first kappa shape index (κ1) is 23.5. The summed E-state index contributed by atoms with van der Waals surface area (Å²) in [6.45, 7) is 0.483. The fourth-order valence-corrected chi connectivity index (χ4v) is 3.35. The summed E-state index contributed by atoms with van der Waals surface area (Å²) in [7, 11) is 1.57. The van der Waals surface area contributed by atoms with Crippen molar-refractivity contribution in [1.82, 2.24) is 19.3 Å². The summed E-state index contributed by atoms with van der Waals surface area (Å²) in [5.41, 5.74) is 6.40. The molecule has 0 saturated heterocycles. The van der Waals surface area contributed by atoms with Crippen molar-refractivity contribution in [2.75, 3.05) is 13.7 Å². The number of rotatable bonds is 7. The molecular weight excluding hydrogens is 405 g/mol. The molecule has 2 N–H and O–H groups in total. The molecule has 0 aliphatic rings. The smallest absolute Gasteiger partial charge is 0.346 e. The summed E-state index contributed by atoms with van der Waals surface area (Å²) in [6, 6.07) is 7.68. The maximum atomic E-state index is 12.6. The fourth-order valence-electron chi connectivity index (χ4n) is 2.36. The molecule has 3 rings (SSSR count). The molecule has 0 spiro atoms. The molecular formula is C18H23ClFN5O2S. The molecule has 0 atom stereocenters. The highest BCUT2D eigenvalue weighted by molar-refractivity contribution is 7.15. The van der Waals surface area contributed by atoms with Gasteiger partial charge in [0, 0.05) is 34.1 Å². The predicted molar refractivity (Wildman–Crippen MR) is 112 cm³/mol. The van der Waals surface area contributed by atoms with E-state index in [1.165, 1.54) is 15.6 Å². The normalized spacial score (nSPS) is 10.9. The zero-order valence-electron chi connectivity index (χ0n) is 14.5. The average molecular weight is 428 g/mol. The van der Waals surface area contributed by atoms with Gasteiger partial charge in [-0.15, -0.1) is 23.7 Å². The van der Waals surface area contributed by atoms with Crippen molar-refractivity contribution in [2.45, 2.75) is 20.5 Å². The number of nitrogens with two attached hydrogens (primary N) is 1. The Morgan fingerprint density at radius 2 is 2.14 bits per heavy atom. The van der Waals surface area contributed by atoms with Crippen molar-refractivity contribution in [2.24, 2.45) is 5.73 Å². The number of methoxy groups -OCH3 is 1. The number of nitrogens with zero attached hydrogens (tertiary/aromatic N) is 4. The van der Waals surface area contributed by atoms with Gasteiger partial charge < -0.3 is 10.5 Å². The number of hydrogen-bond donors (Lipinski definition) is 1. The van der Waals surface area contributed by atoms with Crippen LogP contribution in [0.3, 0.4) is 0 Å². The first-order chi connectivity index (χ1) is 12.6. The lowest BCUT2D eigenvalue weighted by atomic mass is 10.2. The van der Waals surface area contributed by atoms with Crippen molar-refractivity contribution < 1.29 is 9.13 Å². The van der Waals surface area contributed by atoms with E-state index in [9.17, 15) is 9.18 Å². The minimum absolute atomic E-state index is 0. The quantitative estimate of drug-likeness (QED) is 0.626. The van der Waals surface area contributed by atoms with Gasteiger partial charge in [0.05, 0.1) is 26.5 Å². The molecule has 7 nitrogen and oxygen atoms in total. The van der Waals surface area contributed by atoms with Gasteiger partial charge in [-0.25, -0.2) is 18.9 Å². The second-order valence-corrected chi connectivity index (χ2v) is 6.69. The molecule has 0 aromatic carbocycles. The van der Waals surface area contributed by atoms with E-state index in [-0.39, 0.29) is 38.6 Å². The second-order valence-electron chi connectivity index (χ2n) is 5.53. The van der Waals surface area contributed by atoms with E-state index in [2.05, 4.69) is 10.1 Å². The molecule has 0 radical (unpaired) electrons. The van der Waals surface area contributed by atoms with Gasteiger partial charge in [-0.05, 0) is 23.8 Å². The molecule has 0 aliphatic carbocycles. The van der Waals surface area contributed by atoms with E-state index in [4.69, 9.17) is 10.5 Å². The molecule has 0 unspecified atom stereocenters. The highest BCUT2D eigenvalue weighted by Gasteiger charge is 2.10. The molecule has 0 amide bonds. The van der Waals surface area contributed by atoms with Crippen LogP contribution in [-0.4, -0.2) is 33.0 Å². The van der Waals surface area contributed by atoms with E-state index in [1.807, 2.05) is 18.2 Å². The van der Waals surface area contributed by atoms with Crippen LogP contribution in [0.5, 0.6) is 5.88 Å². The van der Waals surface area contributed by atoms with Gasteiger partial charge >= 0.3 is 5.69 Å². The Morgan fingerprint density at radius 3 is 2.75 bits per heavy atom. The summed E-state index contributed by atoms with van der Waals surface area (Å²) in [4.78, 5) is 18.6. The number of ether oxygens (including phenoxy) is 1. The van der Waals surface area contributed by atoms with Crippen LogP contribution < -0.4 is 16.2 Å². The third-order valence-electron chi connectivity index (χ3n) is 3.78. The van der Waals surface area contributed by atoms with Crippen LogP contribution in [0.25, 0.3) is 10.4 Å². The van der Waals surface area contributed by atoms with E-state index >= 15 is 0 Å². The highest BCUT2D eigenvalue weighted by Crippen LogP contribution is 2.28. The van der Waals surface area contributed by atoms with Crippen LogP contribution in [-0.2, 0) is 13.1 Å². The van der Waals surface area contributed by atoms with Gasteiger partial charge in [-0.3, -0.25) is 4.57 Å². The SMILES string of the molecule is C.COc1ccc(-c2ccc(Cn3cnn(C/C(=C\F)CN)c3=O)s2)cn1.Cl. The molecule has 3 aromatic rings.